The molecule has 0 fully saturated rings. The van der Waals surface area contributed by atoms with Crippen LogP contribution in [0.3, 0.4) is 0 Å². The van der Waals surface area contributed by atoms with Crippen LogP contribution in [-0.4, -0.2) is 30.5 Å². The molecule has 3 aromatic rings. The fraction of sp³-hybridized carbons (Fsp3) is 0.176. The van der Waals surface area contributed by atoms with Crippen LogP contribution in [0.4, 0.5) is 0 Å². The van der Waals surface area contributed by atoms with Crippen LogP contribution in [0.1, 0.15) is 11.3 Å². The maximum Gasteiger partial charge on any atom is 0.227 e. The Bertz CT molecular complexity index is 1030. The average Bonchev–Trinajstić information content (AvgIpc) is 2.97. The normalized spacial score (nSPS) is 11.5. The average molecular weight is 378 g/mol. The number of aromatic nitrogens is 3. The second-order valence-corrected chi connectivity index (χ2v) is 7.80. The third-order valence-electron chi connectivity index (χ3n) is 3.82. The molecule has 0 aliphatic heterocycles. The topological polar surface area (TPSA) is 74.1 Å². The van der Waals surface area contributed by atoms with Gasteiger partial charge in [-0.1, -0.05) is 34.5 Å². The van der Waals surface area contributed by atoms with E-state index in [0.717, 1.165) is 5.56 Å². The van der Waals surface area contributed by atoms with Crippen molar-refractivity contribution < 1.29 is 13.2 Å². The summed E-state index contributed by atoms with van der Waals surface area (Å²) in [7, 11) is -2.23. The van der Waals surface area contributed by atoms with E-state index in [0.29, 0.717) is 22.2 Å². The quantitative estimate of drug-likeness (QED) is 0.696. The van der Waals surface area contributed by atoms with Gasteiger partial charge in [0.2, 0.25) is 14.9 Å². The summed E-state index contributed by atoms with van der Waals surface area (Å²) < 4.78 is 32.2. The van der Waals surface area contributed by atoms with E-state index < -0.39 is 9.84 Å². The molecular weight excluding hydrogens is 362 g/mol. The zero-order valence-electron chi connectivity index (χ0n) is 13.9. The number of sulfone groups is 1. The predicted octanol–water partition coefficient (Wildman–Crippen LogP) is 3.38. The van der Waals surface area contributed by atoms with E-state index in [2.05, 4.69) is 10.3 Å². The van der Waals surface area contributed by atoms with E-state index in [1.807, 2.05) is 6.92 Å². The molecule has 0 amide bonds. The number of rotatable bonds is 4. The summed E-state index contributed by atoms with van der Waals surface area (Å²) in [5.41, 5.74) is 1.98. The molecule has 25 heavy (non-hydrogen) atoms. The third kappa shape index (κ3) is 3.12. The molecule has 0 saturated heterocycles. The van der Waals surface area contributed by atoms with Crippen LogP contribution < -0.4 is 4.74 Å². The van der Waals surface area contributed by atoms with Gasteiger partial charge in [-0.15, -0.1) is 5.10 Å². The summed E-state index contributed by atoms with van der Waals surface area (Å²) in [5, 5.41) is 8.19. The Morgan fingerprint density at radius 3 is 2.36 bits per heavy atom. The van der Waals surface area contributed by atoms with Crippen molar-refractivity contribution in [2.75, 3.05) is 7.11 Å². The molecule has 0 N–H and O–H groups in total. The highest BCUT2D eigenvalue weighted by Gasteiger charge is 2.25. The van der Waals surface area contributed by atoms with E-state index in [4.69, 9.17) is 16.3 Å². The van der Waals surface area contributed by atoms with Crippen molar-refractivity contribution in [1.29, 1.82) is 0 Å². The number of aryl methyl sites for hydroxylation is 1. The molecule has 6 nitrogen and oxygen atoms in total. The monoisotopic (exact) mass is 377 g/mol. The van der Waals surface area contributed by atoms with Gasteiger partial charge in [0.15, 0.2) is 0 Å². The number of ether oxygens (including phenoxy) is 1. The van der Waals surface area contributed by atoms with Gasteiger partial charge in [0, 0.05) is 0 Å². The maximum atomic E-state index is 12.8. The SMILES string of the molecule is COc1ccc(-n2nnc(S(=O)(=O)c3ccc(C)cc3)c2C)cc1Cl. The van der Waals surface area contributed by atoms with Gasteiger partial charge in [0.25, 0.3) is 0 Å². The molecule has 1 heterocycles. The summed E-state index contributed by atoms with van der Waals surface area (Å²) in [6.07, 6.45) is 0. The highest BCUT2D eigenvalue weighted by Crippen LogP contribution is 2.28. The molecule has 0 atom stereocenters. The molecule has 2 aromatic carbocycles. The Morgan fingerprint density at radius 2 is 1.76 bits per heavy atom. The van der Waals surface area contributed by atoms with Crippen LogP contribution >= 0.6 is 11.6 Å². The first-order valence-electron chi connectivity index (χ1n) is 7.42. The van der Waals surface area contributed by atoms with Crippen LogP contribution in [0.2, 0.25) is 5.02 Å². The largest absolute Gasteiger partial charge is 0.495 e. The standard InChI is InChI=1S/C17H16ClN3O3S/c1-11-4-7-14(8-5-11)25(22,23)17-12(2)21(20-19-17)13-6-9-16(24-3)15(18)10-13/h4-10H,1-3H3. The van der Waals surface area contributed by atoms with Gasteiger partial charge in [-0.25, -0.2) is 13.1 Å². The molecule has 0 unspecified atom stereocenters. The lowest BCUT2D eigenvalue weighted by atomic mass is 10.2. The third-order valence-corrected chi connectivity index (χ3v) is 5.89. The van der Waals surface area contributed by atoms with Crippen molar-refractivity contribution in [3.8, 4) is 11.4 Å². The Hall–Kier alpha value is -2.38. The Kier molecular flexibility index (Phi) is 4.53. The molecule has 0 radical (unpaired) electrons. The first-order valence-corrected chi connectivity index (χ1v) is 9.28. The van der Waals surface area contributed by atoms with Gasteiger partial charge < -0.3 is 4.74 Å². The van der Waals surface area contributed by atoms with E-state index >= 15 is 0 Å². The molecule has 1 aromatic heterocycles. The van der Waals surface area contributed by atoms with E-state index in [-0.39, 0.29) is 9.92 Å². The first kappa shape index (κ1) is 17.4. The predicted molar refractivity (Wildman–Crippen MR) is 94.3 cm³/mol. The zero-order chi connectivity index (χ0) is 18.2. The highest BCUT2D eigenvalue weighted by molar-refractivity contribution is 7.91. The van der Waals surface area contributed by atoms with Crippen LogP contribution in [0.15, 0.2) is 52.4 Å². The second-order valence-electron chi connectivity index (χ2n) is 5.53. The number of halogens is 1. The van der Waals surface area contributed by atoms with E-state index in [1.165, 1.54) is 11.8 Å². The van der Waals surface area contributed by atoms with Gasteiger partial charge in [-0.3, -0.25) is 0 Å². The molecule has 0 saturated carbocycles. The van der Waals surface area contributed by atoms with Crippen LogP contribution in [0.25, 0.3) is 5.69 Å². The molecule has 8 heteroatoms. The molecule has 0 aliphatic carbocycles. The smallest absolute Gasteiger partial charge is 0.227 e. The molecule has 0 spiro atoms. The van der Waals surface area contributed by atoms with Crippen molar-refractivity contribution in [1.82, 2.24) is 15.0 Å². The van der Waals surface area contributed by atoms with Crippen LogP contribution in [0.5, 0.6) is 5.75 Å². The van der Waals surface area contributed by atoms with Crippen LogP contribution in [0, 0.1) is 13.8 Å². The van der Waals surface area contributed by atoms with Crippen molar-refractivity contribution in [2.45, 2.75) is 23.8 Å². The van der Waals surface area contributed by atoms with Crippen LogP contribution in [-0.2, 0) is 9.84 Å². The summed E-state index contributed by atoms with van der Waals surface area (Å²) in [4.78, 5) is 0.181. The van der Waals surface area contributed by atoms with Gasteiger partial charge in [-0.05, 0) is 44.2 Å². The van der Waals surface area contributed by atoms with Gasteiger partial charge in [-0.2, -0.15) is 0 Å². The minimum atomic E-state index is -3.75. The Balaban J connectivity index is 2.07. The van der Waals surface area contributed by atoms with Crippen molar-refractivity contribution in [3.05, 3.63) is 58.7 Å². The highest BCUT2D eigenvalue weighted by atomic mass is 35.5. The summed E-state index contributed by atoms with van der Waals surface area (Å²) in [5.74, 6) is 0.524. The minimum absolute atomic E-state index is 0.0803. The van der Waals surface area contributed by atoms with Gasteiger partial charge in [0.1, 0.15) is 5.75 Å². The summed E-state index contributed by atoms with van der Waals surface area (Å²) in [6, 6.07) is 11.7. The fourth-order valence-electron chi connectivity index (χ4n) is 2.42. The number of nitrogens with zero attached hydrogens (tertiary/aromatic N) is 3. The molecule has 0 aliphatic rings. The van der Waals surface area contributed by atoms with E-state index in [9.17, 15) is 8.42 Å². The second kappa shape index (κ2) is 6.50. The first-order chi connectivity index (χ1) is 11.8. The summed E-state index contributed by atoms with van der Waals surface area (Å²) >= 11 is 6.13. The number of hydrogen-bond acceptors (Lipinski definition) is 5. The van der Waals surface area contributed by atoms with Gasteiger partial charge >= 0.3 is 0 Å². The maximum absolute atomic E-state index is 12.8. The fourth-order valence-corrected chi connectivity index (χ4v) is 4.01. The van der Waals surface area contributed by atoms with Crippen molar-refractivity contribution in [2.24, 2.45) is 0 Å². The lowest BCUT2D eigenvalue weighted by Crippen LogP contribution is -2.06. The zero-order valence-corrected chi connectivity index (χ0v) is 15.5. The lowest BCUT2D eigenvalue weighted by molar-refractivity contribution is 0.415. The number of hydrogen-bond donors (Lipinski definition) is 0. The Labute approximate surface area is 150 Å². The minimum Gasteiger partial charge on any atom is -0.495 e. The molecule has 3 rings (SSSR count). The van der Waals surface area contributed by atoms with E-state index in [1.54, 1.807) is 49.4 Å². The number of benzene rings is 2. The molecular formula is C17H16ClN3O3S. The lowest BCUT2D eigenvalue weighted by Gasteiger charge is -2.07. The Morgan fingerprint density at radius 1 is 1.08 bits per heavy atom. The van der Waals surface area contributed by atoms with Gasteiger partial charge in [0.05, 0.1) is 28.4 Å². The number of methoxy groups -OCH3 is 1. The summed E-state index contributed by atoms with van der Waals surface area (Å²) in [6.45, 7) is 3.55. The van der Waals surface area contributed by atoms with Crippen molar-refractivity contribution >= 4 is 21.4 Å². The molecule has 130 valence electrons. The molecule has 0 bridgehead atoms. The van der Waals surface area contributed by atoms with Crippen molar-refractivity contribution in [3.63, 3.8) is 0 Å².